The minimum absolute atomic E-state index is 0.0534. The van der Waals surface area contributed by atoms with Crippen LogP contribution in [0.1, 0.15) is 40.3 Å². The van der Waals surface area contributed by atoms with Gasteiger partial charge in [0.2, 0.25) is 5.91 Å². The van der Waals surface area contributed by atoms with Crippen LogP contribution >= 0.6 is 0 Å². The summed E-state index contributed by atoms with van der Waals surface area (Å²) in [5.74, 6) is 0.0534. The van der Waals surface area contributed by atoms with Gasteiger partial charge in [-0.3, -0.25) is 4.79 Å². The Morgan fingerprint density at radius 2 is 2.04 bits per heavy atom. The molecule has 1 heterocycles. The second-order valence-electron chi connectivity index (χ2n) is 6.68. The maximum Gasteiger partial charge on any atom is 0.225 e. The van der Waals surface area contributed by atoms with Crippen LogP contribution in [0.15, 0.2) is 47.1 Å². The smallest absolute Gasteiger partial charge is 0.225 e. The first-order valence-corrected chi connectivity index (χ1v) is 8.47. The second kappa shape index (κ2) is 5.82. The monoisotopic (exact) mass is 319 g/mol. The van der Waals surface area contributed by atoms with Crippen molar-refractivity contribution < 1.29 is 9.21 Å². The topological polar surface area (TPSA) is 42.2 Å². The summed E-state index contributed by atoms with van der Waals surface area (Å²) < 4.78 is 5.71. The maximum atomic E-state index is 12.5. The van der Waals surface area contributed by atoms with Gasteiger partial charge >= 0.3 is 0 Å². The van der Waals surface area contributed by atoms with E-state index in [-0.39, 0.29) is 11.9 Å². The SMILES string of the molecule is Cc1ccc2c(CC(=O)NC3CCc4ccccc43)coc2c1C. The van der Waals surface area contributed by atoms with Gasteiger partial charge in [0.05, 0.1) is 18.7 Å². The Balaban J connectivity index is 1.52. The lowest BCUT2D eigenvalue weighted by Gasteiger charge is -2.13. The minimum Gasteiger partial charge on any atom is -0.464 e. The summed E-state index contributed by atoms with van der Waals surface area (Å²) in [5.41, 5.74) is 6.80. The fourth-order valence-electron chi connectivity index (χ4n) is 3.65. The van der Waals surface area contributed by atoms with Crippen LogP contribution < -0.4 is 5.32 Å². The molecule has 1 aliphatic carbocycles. The van der Waals surface area contributed by atoms with E-state index in [0.29, 0.717) is 6.42 Å². The van der Waals surface area contributed by atoms with Crippen molar-refractivity contribution in [3.63, 3.8) is 0 Å². The molecule has 0 aliphatic heterocycles. The molecule has 1 unspecified atom stereocenters. The van der Waals surface area contributed by atoms with Crippen LogP contribution in [0.5, 0.6) is 0 Å². The zero-order valence-electron chi connectivity index (χ0n) is 14.1. The fourth-order valence-corrected chi connectivity index (χ4v) is 3.65. The van der Waals surface area contributed by atoms with E-state index in [2.05, 4.69) is 49.5 Å². The van der Waals surface area contributed by atoms with Gasteiger partial charge in [0.15, 0.2) is 0 Å². The van der Waals surface area contributed by atoms with Crippen LogP contribution in [-0.4, -0.2) is 5.91 Å². The minimum atomic E-state index is 0.0534. The molecule has 1 aliphatic rings. The van der Waals surface area contributed by atoms with Gasteiger partial charge in [-0.15, -0.1) is 0 Å². The van der Waals surface area contributed by atoms with Gasteiger partial charge in [-0.25, -0.2) is 0 Å². The first kappa shape index (κ1) is 15.0. The molecule has 122 valence electrons. The highest BCUT2D eigenvalue weighted by atomic mass is 16.3. The molecule has 2 aromatic carbocycles. The molecule has 4 rings (SSSR count). The molecule has 1 aromatic heterocycles. The molecular weight excluding hydrogens is 298 g/mol. The van der Waals surface area contributed by atoms with Crippen molar-refractivity contribution in [1.82, 2.24) is 5.32 Å². The van der Waals surface area contributed by atoms with Crippen molar-refractivity contribution in [2.24, 2.45) is 0 Å². The van der Waals surface area contributed by atoms with E-state index < -0.39 is 0 Å². The molecule has 0 saturated carbocycles. The van der Waals surface area contributed by atoms with Crippen molar-refractivity contribution in [3.05, 3.63) is 70.5 Å². The number of furan rings is 1. The fraction of sp³-hybridized carbons (Fsp3) is 0.286. The van der Waals surface area contributed by atoms with Gasteiger partial charge in [-0.05, 0) is 48.9 Å². The van der Waals surface area contributed by atoms with Gasteiger partial charge in [0.1, 0.15) is 5.58 Å². The molecule has 0 fully saturated rings. The van der Waals surface area contributed by atoms with Crippen molar-refractivity contribution in [3.8, 4) is 0 Å². The van der Waals surface area contributed by atoms with E-state index in [1.165, 1.54) is 16.7 Å². The van der Waals surface area contributed by atoms with Crippen molar-refractivity contribution in [2.45, 2.75) is 39.2 Å². The highest BCUT2D eigenvalue weighted by Gasteiger charge is 2.23. The molecule has 1 amide bonds. The molecule has 3 nitrogen and oxygen atoms in total. The number of rotatable bonds is 3. The lowest BCUT2D eigenvalue weighted by Crippen LogP contribution is -2.28. The molecule has 3 aromatic rings. The molecule has 0 radical (unpaired) electrons. The number of nitrogens with one attached hydrogen (secondary N) is 1. The molecule has 0 saturated heterocycles. The molecule has 1 atom stereocenters. The maximum absolute atomic E-state index is 12.5. The Morgan fingerprint density at radius 1 is 1.21 bits per heavy atom. The number of aryl methyl sites for hydroxylation is 3. The van der Waals surface area contributed by atoms with E-state index in [1.54, 1.807) is 6.26 Å². The van der Waals surface area contributed by atoms with Crippen LogP contribution in [-0.2, 0) is 17.6 Å². The van der Waals surface area contributed by atoms with Crippen LogP contribution in [0.2, 0.25) is 0 Å². The number of carbonyl (C=O) groups is 1. The van der Waals surface area contributed by atoms with Gasteiger partial charge in [0.25, 0.3) is 0 Å². The number of hydrogen-bond acceptors (Lipinski definition) is 2. The van der Waals surface area contributed by atoms with Crippen LogP contribution in [0.4, 0.5) is 0 Å². The predicted octanol–water partition coefficient (Wildman–Crippen LogP) is 4.40. The Labute approximate surface area is 141 Å². The van der Waals surface area contributed by atoms with Crippen LogP contribution in [0.3, 0.4) is 0 Å². The van der Waals surface area contributed by atoms with Crippen molar-refractivity contribution >= 4 is 16.9 Å². The Morgan fingerprint density at radius 3 is 2.92 bits per heavy atom. The van der Waals surface area contributed by atoms with Gasteiger partial charge in [0, 0.05) is 10.9 Å². The third-order valence-corrected chi connectivity index (χ3v) is 5.16. The van der Waals surface area contributed by atoms with E-state index in [4.69, 9.17) is 4.42 Å². The lowest BCUT2D eigenvalue weighted by molar-refractivity contribution is -0.121. The summed E-state index contributed by atoms with van der Waals surface area (Å²) in [6.07, 6.45) is 4.09. The Hall–Kier alpha value is -2.55. The zero-order valence-corrected chi connectivity index (χ0v) is 14.1. The van der Waals surface area contributed by atoms with Gasteiger partial charge < -0.3 is 9.73 Å². The summed E-state index contributed by atoms with van der Waals surface area (Å²) in [5, 5.41) is 4.23. The van der Waals surface area contributed by atoms with Crippen molar-refractivity contribution in [2.75, 3.05) is 0 Å². The largest absolute Gasteiger partial charge is 0.464 e. The van der Waals surface area contributed by atoms with E-state index in [0.717, 1.165) is 34.9 Å². The molecule has 1 N–H and O–H groups in total. The average Bonchev–Trinajstić information content (AvgIpc) is 3.16. The summed E-state index contributed by atoms with van der Waals surface area (Å²) >= 11 is 0. The molecule has 0 bridgehead atoms. The molecule has 3 heteroatoms. The summed E-state index contributed by atoms with van der Waals surface area (Å²) in [7, 11) is 0. The van der Waals surface area contributed by atoms with Crippen LogP contribution in [0, 0.1) is 13.8 Å². The number of carbonyl (C=O) groups excluding carboxylic acids is 1. The van der Waals surface area contributed by atoms with E-state index in [9.17, 15) is 4.79 Å². The molecule has 24 heavy (non-hydrogen) atoms. The standard InChI is InChI=1S/C21H21NO2/c1-13-7-9-18-16(12-24-21(18)14(13)2)11-20(23)22-19-10-8-15-5-3-4-6-17(15)19/h3-7,9,12,19H,8,10-11H2,1-2H3,(H,22,23). The van der Waals surface area contributed by atoms with Crippen molar-refractivity contribution in [1.29, 1.82) is 0 Å². The normalized spacial score (nSPS) is 16.3. The number of benzene rings is 2. The zero-order chi connectivity index (χ0) is 16.7. The predicted molar refractivity (Wildman–Crippen MR) is 95.0 cm³/mol. The average molecular weight is 319 g/mol. The summed E-state index contributed by atoms with van der Waals surface area (Å²) in [6, 6.07) is 12.6. The first-order chi connectivity index (χ1) is 11.6. The summed E-state index contributed by atoms with van der Waals surface area (Å²) in [6.45, 7) is 4.13. The number of hydrogen-bond donors (Lipinski definition) is 1. The third kappa shape index (κ3) is 2.50. The Kier molecular flexibility index (Phi) is 3.64. The Bertz CT molecular complexity index is 923. The molecule has 0 spiro atoms. The number of fused-ring (bicyclic) bond motifs is 2. The lowest BCUT2D eigenvalue weighted by atomic mass is 10.0. The quantitative estimate of drug-likeness (QED) is 0.777. The highest BCUT2D eigenvalue weighted by molar-refractivity contribution is 5.89. The highest BCUT2D eigenvalue weighted by Crippen LogP contribution is 2.31. The first-order valence-electron chi connectivity index (χ1n) is 8.47. The second-order valence-corrected chi connectivity index (χ2v) is 6.68. The van der Waals surface area contributed by atoms with E-state index >= 15 is 0 Å². The van der Waals surface area contributed by atoms with Crippen LogP contribution in [0.25, 0.3) is 11.0 Å². The molecular formula is C21H21NO2. The van der Waals surface area contributed by atoms with E-state index in [1.807, 2.05) is 6.07 Å². The number of amides is 1. The summed E-state index contributed by atoms with van der Waals surface area (Å²) in [4.78, 5) is 12.5. The van der Waals surface area contributed by atoms with Gasteiger partial charge in [-0.2, -0.15) is 0 Å². The van der Waals surface area contributed by atoms with Gasteiger partial charge in [-0.1, -0.05) is 36.4 Å². The third-order valence-electron chi connectivity index (χ3n) is 5.16.